The summed E-state index contributed by atoms with van der Waals surface area (Å²) in [4.78, 5) is 2.61. The molecule has 277 valence electrons. The monoisotopic (exact) mass is 759 g/mol. The molecule has 2 aliphatic heterocycles. The van der Waals surface area contributed by atoms with Gasteiger partial charge < -0.3 is 10.2 Å². The number of fused-ring (bicyclic) bond motifs is 14. The maximum Gasteiger partial charge on any atom is 0.197 e. The minimum Gasteiger partial charge on any atom is -0.355 e. The molecular weight excluding hydrogens is 723 g/mol. The molecule has 2 heterocycles. The van der Waals surface area contributed by atoms with Crippen LogP contribution in [0, 0.1) is 0 Å². The van der Waals surface area contributed by atoms with Gasteiger partial charge in [0.25, 0.3) is 0 Å². The Hall–Kier alpha value is -7.62. The van der Waals surface area contributed by atoms with Crippen molar-refractivity contribution in [1.82, 2.24) is 0 Å². The summed E-state index contributed by atoms with van der Waals surface area (Å²) in [6.45, 7) is 0. The Morgan fingerprint density at radius 2 is 1.03 bits per heavy atom. The number of hydrogen-bond acceptors (Lipinski definition) is 2. The number of anilines is 5. The van der Waals surface area contributed by atoms with Gasteiger partial charge >= 0.3 is 0 Å². The van der Waals surface area contributed by atoms with E-state index in [4.69, 9.17) is 0 Å². The zero-order valence-electron chi connectivity index (χ0n) is 32.7. The SMILES string of the molecule is [B]1c2cccc3c2N(c2ccccc2C32c3ccccc3-c3ccccc32)c2c1c(-c1c(Nc3ccc(-c4ccccc4)cc3)ccc3ccccc13)cc1ccccc21. The van der Waals surface area contributed by atoms with Crippen LogP contribution in [0.15, 0.2) is 212 Å². The highest BCUT2D eigenvalue weighted by Crippen LogP contribution is 2.63. The van der Waals surface area contributed by atoms with Crippen LogP contribution in [0.1, 0.15) is 22.3 Å². The average Bonchev–Trinajstić information content (AvgIpc) is 3.61. The zero-order chi connectivity index (χ0) is 39.4. The second kappa shape index (κ2) is 12.7. The lowest BCUT2D eigenvalue weighted by Gasteiger charge is -2.48. The second-order valence-corrected chi connectivity index (χ2v) is 16.3. The largest absolute Gasteiger partial charge is 0.355 e. The van der Waals surface area contributed by atoms with E-state index in [1.165, 1.54) is 105 Å². The predicted octanol–water partition coefficient (Wildman–Crippen LogP) is 13.2. The van der Waals surface area contributed by atoms with Crippen molar-refractivity contribution in [3.05, 3.63) is 235 Å². The molecule has 0 aromatic heterocycles. The van der Waals surface area contributed by atoms with E-state index >= 15 is 0 Å². The van der Waals surface area contributed by atoms with Gasteiger partial charge in [-0.2, -0.15) is 0 Å². The molecule has 1 radical (unpaired) electrons. The third kappa shape index (κ3) is 4.55. The quantitative estimate of drug-likeness (QED) is 0.180. The van der Waals surface area contributed by atoms with Gasteiger partial charge in [0.15, 0.2) is 7.28 Å². The van der Waals surface area contributed by atoms with Gasteiger partial charge in [-0.1, -0.05) is 187 Å². The van der Waals surface area contributed by atoms with E-state index in [1.54, 1.807) is 0 Å². The van der Waals surface area contributed by atoms with Crippen molar-refractivity contribution in [2.45, 2.75) is 5.41 Å². The molecule has 0 fully saturated rings. The fourth-order valence-corrected chi connectivity index (χ4v) is 10.8. The third-order valence-corrected chi connectivity index (χ3v) is 13.2. The van der Waals surface area contributed by atoms with Gasteiger partial charge in [0.1, 0.15) is 0 Å². The molecule has 2 nitrogen and oxygen atoms in total. The van der Waals surface area contributed by atoms with Crippen LogP contribution >= 0.6 is 0 Å². The van der Waals surface area contributed by atoms with Gasteiger partial charge in [-0.25, -0.2) is 0 Å². The first-order valence-electron chi connectivity index (χ1n) is 20.8. The Balaban J connectivity index is 1.07. The predicted molar refractivity (Wildman–Crippen MR) is 253 cm³/mol. The summed E-state index contributed by atoms with van der Waals surface area (Å²) < 4.78 is 0. The molecule has 0 saturated carbocycles. The summed E-state index contributed by atoms with van der Waals surface area (Å²) in [5.74, 6) is 0. The van der Waals surface area contributed by atoms with Gasteiger partial charge in [0.2, 0.25) is 0 Å². The van der Waals surface area contributed by atoms with Gasteiger partial charge in [-0.3, -0.25) is 0 Å². The molecule has 3 aliphatic rings. The van der Waals surface area contributed by atoms with Crippen LogP contribution in [0.5, 0.6) is 0 Å². The van der Waals surface area contributed by atoms with Gasteiger partial charge in [-0.05, 0) is 102 Å². The van der Waals surface area contributed by atoms with Gasteiger partial charge in [0, 0.05) is 33.7 Å². The normalized spacial score (nSPS) is 13.6. The summed E-state index contributed by atoms with van der Waals surface area (Å²) in [6, 6.07) is 78.4. The Labute approximate surface area is 350 Å². The van der Waals surface area contributed by atoms with Crippen molar-refractivity contribution < 1.29 is 0 Å². The Morgan fingerprint density at radius 1 is 0.417 bits per heavy atom. The lowest BCUT2D eigenvalue weighted by Crippen LogP contribution is -2.47. The van der Waals surface area contributed by atoms with Gasteiger partial charge in [0.05, 0.1) is 11.1 Å². The van der Waals surface area contributed by atoms with Crippen molar-refractivity contribution in [3.8, 4) is 33.4 Å². The molecule has 60 heavy (non-hydrogen) atoms. The van der Waals surface area contributed by atoms with E-state index in [0.29, 0.717) is 0 Å². The summed E-state index contributed by atoms with van der Waals surface area (Å²) in [6.07, 6.45) is 0. The topological polar surface area (TPSA) is 15.3 Å². The molecule has 0 saturated heterocycles. The summed E-state index contributed by atoms with van der Waals surface area (Å²) in [5.41, 5.74) is 20.5. The van der Waals surface area contributed by atoms with Crippen LogP contribution in [-0.4, -0.2) is 7.28 Å². The number of para-hydroxylation sites is 2. The van der Waals surface area contributed by atoms with Crippen LogP contribution in [0.25, 0.3) is 54.9 Å². The number of benzene rings is 10. The Kier molecular flexibility index (Phi) is 7.06. The van der Waals surface area contributed by atoms with Crippen molar-refractivity contribution in [1.29, 1.82) is 0 Å². The Bertz CT molecular complexity index is 3340. The zero-order valence-corrected chi connectivity index (χ0v) is 32.7. The molecular formula is C57H36BN2. The molecule has 10 aromatic rings. The van der Waals surface area contributed by atoms with Crippen molar-refractivity contribution in [2.24, 2.45) is 0 Å². The van der Waals surface area contributed by atoms with E-state index < -0.39 is 5.41 Å². The number of rotatable bonds is 4. The van der Waals surface area contributed by atoms with E-state index in [9.17, 15) is 0 Å². The summed E-state index contributed by atoms with van der Waals surface area (Å²) in [5, 5.41) is 8.77. The maximum absolute atomic E-state index is 3.90. The van der Waals surface area contributed by atoms with Crippen LogP contribution in [-0.2, 0) is 5.41 Å². The smallest absolute Gasteiger partial charge is 0.197 e. The number of nitrogens with zero attached hydrogens (tertiary/aromatic N) is 1. The fraction of sp³-hybridized carbons (Fsp3) is 0.0175. The number of nitrogens with one attached hydrogen (secondary N) is 1. The average molecular weight is 760 g/mol. The van der Waals surface area contributed by atoms with Crippen LogP contribution in [0.3, 0.4) is 0 Å². The highest BCUT2D eigenvalue weighted by atomic mass is 15.2. The molecule has 1 spiro atoms. The highest BCUT2D eigenvalue weighted by molar-refractivity contribution is 6.74. The van der Waals surface area contributed by atoms with Crippen molar-refractivity contribution in [2.75, 3.05) is 10.2 Å². The lowest BCUT2D eigenvalue weighted by atomic mass is 9.54. The van der Waals surface area contributed by atoms with E-state index in [-0.39, 0.29) is 0 Å². The minimum absolute atomic E-state index is 0.465. The standard InChI is InChI=1S/C57H36BN2/c1-2-15-36(16-3-1)37-29-32-40(33-30-37)59-51-34-31-38-17-4-6-19-41(38)53(51)45-35-39-18-5-7-20-42(39)55-54(45)58-50-27-14-26-49-56(50)60(55)52-28-13-12-25-48(52)57(49)46-23-10-8-21-43(46)44-22-9-11-24-47(44)57/h1-35,59H. The van der Waals surface area contributed by atoms with Gasteiger partial charge in [-0.15, -0.1) is 0 Å². The third-order valence-electron chi connectivity index (χ3n) is 13.2. The molecule has 0 atom stereocenters. The summed E-state index contributed by atoms with van der Waals surface area (Å²) >= 11 is 0. The summed E-state index contributed by atoms with van der Waals surface area (Å²) in [7, 11) is 2.47. The maximum atomic E-state index is 3.90. The molecule has 3 heteroatoms. The Morgan fingerprint density at radius 3 is 1.82 bits per heavy atom. The van der Waals surface area contributed by atoms with E-state index in [0.717, 1.165) is 11.4 Å². The first kappa shape index (κ1) is 33.4. The van der Waals surface area contributed by atoms with E-state index in [1.807, 2.05) is 0 Å². The molecule has 1 aliphatic carbocycles. The molecule has 0 bridgehead atoms. The lowest BCUT2D eigenvalue weighted by molar-refractivity contribution is 0.754. The second-order valence-electron chi connectivity index (χ2n) is 16.3. The fourth-order valence-electron chi connectivity index (χ4n) is 10.8. The molecule has 1 N–H and O–H groups in total. The minimum atomic E-state index is -0.465. The van der Waals surface area contributed by atoms with Crippen LogP contribution in [0.4, 0.5) is 28.4 Å². The van der Waals surface area contributed by atoms with Crippen molar-refractivity contribution >= 4 is 68.2 Å². The van der Waals surface area contributed by atoms with Crippen LogP contribution < -0.4 is 21.1 Å². The van der Waals surface area contributed by atoms with Crippen molar-refractivity contribution in [3.63, 3.8) is 0 Å². The molecule has 10 aromatic carbocycles. The first-order valence-corrected chi connectivity index (χ1v) is 20.8. The highest BCUT2D eigenvalue weighted by Gasteiger charge is 2.53. The van der Waals surface area contributed by atoms with Crippen LogP contribution in [0.2, 0.25) is 0 Å². The molecule has 13 rings (SSSR count). The van der Waals surface area contributed by atoms with E-state index in [2.05, 4.69) is 230 Å². The first-order chi connectivity index (χ1) is 29.8. The number of hydrogen-bond donors (Lipinski definition) is 1. The molecule has 0 unspecified atom stereocenters. The molecule has 0 amide bonds.